The topological polar surface area (TPSA) is 57.4 Å². The van der Waals surface area contributed by atoms with Crippen molar-refractivity contribution in [2.75, 3.05) is 0 Å². The highest BCUT2D eigenvalue weighted by Gasteiger charge is 2.43. The molecule has 0 atom stereocenters. The Hall–Kier alpha value is -2.36. The Morgan fingerprint density at radius 3 is 2.55 bits per heavy atom. The van der Waals surface area contributed by atoms with Crippen LogP contribution in [0.4, 0.5) is 0 Å². The minimum absolute atomic E-state index is 0.0306. The summed E-state index contributed by atoms with van der Waals surface area (Å²) in [6.45, 7) is 0. The van der Waals surface area contributed by atoms with Gasteiger partial charge in [0.25, 0.3) is 0 Å². The molecule has 100 valence electrons. The van der Waals surface area contributed by atoms with Crippen LogP contribution in [0.25, 0.3) is 11.4 Å². The van der Waals surface area contributed by atoms with Gasteiger partial charge >= 0.3 is 0 Å². The first-order valence-corrected chi connectivity index (χ1v) is 7.00. The molecule has 2 N–H and O–H groups in total. The van der Waals surface area contributed by atoms with Crippen molar-refractivity contribution >= 4 is 0 Å². The van der Waals surface area contributed by atoms with Crippen molar-refractivity contribution in [2.45, 2.75) is 24.7 Å². The number of nitrogens with zero attached hydrogens (tertiary/aromatic N) is 2. The van der Waals surface area contributed by atoms with E-state index in [0.717, 1.165) is 30.1 Å². The number of rotatable bonds is 3. The Balaban J connectivity index is 1.76. The van der Waals surface area contributed by atoms with Gasteiger partial charge in [0.1, 0.15) is 5.82 Å². The molecule has 0 unspecified atom stereocenters. The zero-order chi connectivity index (χ0) is 13.4. The van der Waals surface area contributed by atoms with Gasteiger partial charge in [-0.3, -0.25) is 5.10 Å². The average molecular weight is 264 g/mol. The second kappa shape index (κ2) is 4.34. The molecule has 4 rings (SSSR count). The van der Waals surface area contributed by atoms with E-state index in [9.17, 15) is 0 Å². The minimum Gasteiger partial charge on any atom is -0.367 e. The number of H-pyrrole nitrogens is 2. The second-order valence-electron chi connectivity index (χ2n) is 5.41. The van der Waals surface area contributed by atoms with Crippen LogP contribution in [0.2, 0.25) is 0 Å². The smallest absolute Gasteiger partial charge is 0.182 e. The van der Waals surface area contributed by atoms with E-state index in [4.69, 9.17) is 4.98 Å². The zero-order valence-corrected chi connectivity index (χ0v) is 11.1. The SMILES string of the molecule is c1ccc(C2(c3nc(-c4cc[nH]c4)n[nH]3)CCC2)cc1. The van der Waals surface area contributed by atoms with E-state index in [1.54, 1.807) is 0 Å². The minimum atomic E-state index is 0.0306. The van der Waals surface area contributed by atoms with Crippen molar-refractivity contribution in [1.82, 2.24) is 20.2 Å². The van der Waals surface area contributed by atoms with Crippen molar-refractivity contribution in [2.24, 2.45) is 0 Å². The van der Waals surface area contributed by atoms with Gasteiger partial charge in [-0.25, -0.2) is 4.98 Å². The molecule has 0 saturated heterocycles. The van der Waals surface area contributed by atoms with Crippen LogP contribution < -0.4 is 0 Å². The summed E-state index contributed by atoms with van der Waals surface area (Å²) in [6, 6.07) is 12.6. The van der Waals surface area contributed by atoms with Crippen LogP contribution in [0.5, 0.6) is 0 Å². The molecule has 1 aliphatic carbocycles. The van der Waals surface area contributed by atoms with Gasteiger partial charge in [0.05, 0.1) is 5.41 Å². The molecule has 3 aromatic rings. The molecule has 0 spiro atoms. The Labute approximate surface area is 117 Å². The van der Waals surface area contributed by atoms with E-state index in [1.807, 2.05) is 18.5 Å². The molecule has 20 heavy (non-hydrogen) atoms. The molecule has 1 fully saturated rings. The lowest BCUT2D eigenvalue weighted by Crippen LogP contribution is -2.36. The van der Waals surface area contributed by atoms with E-state index in [1.165, 1.54) is 12.0 Å². The van der Waals surface area contributed by atoms with Crippen LogP contribution in [0.15, 0.2) is 48.8 Å². The number of hydrogen-bond acceptors (Lipinski definition) is 2. The molecule has 1 saturated carbocycles. The quantitative estimate of drug-likeness (QED) is 0.762. The summed E-state index contributed by atoms with van der Waals surface area (Å²) >= 11 is 0. The van der Waals surface area contributed by atoms with E-state index in [0.29, 0.717) is 0 Å². The molecule has 1 aliphatic rings. The number of benzene rings is 1. The van der Waals surface area contributed by atoms with Crippen LogP contribution in [0.3, 0.4) is 0 Å². The van der Waals surface area contributed by atoms with E-state index in [2.05, 4.69) is 45.5 Å². The summed E-state index contributed by atoms with van der Waals surface area (Å²) in [7, 11) is 0. The Kier molecular flexibility index (Phi) is 2.49. The van der Waals surface area contributed by atoms with Crippen molar-refractivity contribution in [3.8, 4) is 11.4 Å². The van der Waals surface area contributed by atoms with Crippen LogP contribution in [-0.2, 0) is 5.41 Å². The first kappa shape index (κ1) is 11.5. The summed E-state index contributed by atoms with van der Waals surface area (Å²) in [5.41, 5.74) is 2.39. The number of aromatic nitrogens is 4. The van der Waals surface area contributed by atoms with Crippen LogP contribution >= 0.6 is 0 Å². The van der Waals surface area contributed by atoms with Gasteiger partial charge in [-0.05, 0) is 24.5 Å². The Morgan fingerprint density at radius 1 is 1.05 bits per heavy atom. The van der Waals surface area contributed by atoms with Gasteiger partial charge < -0.3 is 4.98 Å². The fourth-order valence-electron chi connectivity index (χ4n) is 3.02. The van der Waals surface area contributed by atoms with E-state index < -0.39 is 0 Å². The van der Waals surface area contributed by atoms with Crippen LogP contribution in [0.1, 0.15) is 30.7 Å². The lowest BCUT2D eigenvalue weighted by molar-refractivity contribution is 0.286. The summed E-state index contributed by atoms with van der Waals surface area (Å²) in [5.74, 6) is 1.76. The van der Waals surface area contributed by atoms with E-state index in [-0.39, 0.29) is 5.41 Å². The van der Waals surface area contributed by atoms with Crippen molar-refractivity contribution in [1.29, 1.82) is 0 Å². The van der Waals surface area contributed by atoms with Crippen molar-refractivity contribution in [3.05, 3.63) is 60.2 Å². The monoisotopic (exact) mass is 264 g/mol. The molecule has 0 amide bonds. The van der Waals surface area contributed by atoms with Crippen LogP contribution in [0, 0.1) is 0 Å². The number of aromatic amines is 2. The third-order valence-electron chi connectivity index (χ3n) is 4.33. The molecule has 2 heterocycles. The highest BCUT2D eigenvalue weighted by Crippen LogP contribution is 2.47. The van der Waals surface area contributed by atoms with Gasteiger partial charge in [-0.2, -0.15) is 5.10 Å². The first-order valence-electron chi connectivity index (χ1n) is 7.00. The molecule has 4 heteroatoms. The van der Waals surface area contributed by atoms with E-state index >= 15 is 0 Å². The molecule has 2 aromatic heterocycles. The molecule has 4 nitrogen and oxygen atoms in total. The first-order chi connectivity index (χ1) is 9.88. The molecule has 0 bridgehead atoms. The third-order valence-corrected chi connectivity index (χ3v) is 4.33. The molecule has 0 radical (unpaired) electrons. The second-order valence-corrected chi connectivity index (χ2v) is 5.41. The lowest BCUT2D eigenvalue weighted by atomic mass is 9.64. The number of nitrogens with one attached hydrogen (secondary N) is 2. The van der Waals surface area contributed by atoms with Gasteiger partial charge in [0.15, 0.2) is 5.82 Å². The average Bonchev–Trinajstić information content (AvgIpc) is 3.09. The van der Waals surface area contributed by atoms with Crippen molar-refractivity contribution < 1.29 is 0 Å². The maximum absolute atomic E-state index is 4.74. The van der Waals surface area contributed by atoms with Gasteiger partial charge in [0.2, 0.25) is 0 Å². The molecule has 1 aromatic carbocycles. The summed E-state index contributed by atoms with van der Waals surface area (Å²) in [6.07, 6.45) is 7.33. The molecular formula is C16H16N4. The Morgan fingerprint density at radius 2 is 1.90 bits per heavy atom. The lowest BCUT2D eigenvalue weighted by Gasteiger charge is -2.40. The molecular weight excluding hydrogens is 248 g/mol. The number of hydrogen-bond donors (Lipinski definition) is 2. The predicted octanol–water partition coefficient (Wildman–Crippen LogP) is 3.27. The van der Waals surface area contributed by atoms with Gasteiger partial charge in [-0.1, -0.05) is 36.8 Å². The highest BCUT2D eigenvalue weighted by molar-refractivity contribution is 5.53. The maximum Gasteiger partial charge on any atom is 0.182 e. The zero-order valence-electron chi connectivity index (χ0n) is 11.1. The normalized spacial score (nSPS) is 16.8. The van der Waals surface area contributed by atoms with Crippen molar-refractivity contribution in [3.63, 3.8) is 0 Å². The molecule has 0 aliphatic heterocycles. The largest absolute Gasteiger partial charge is 0.367 e. The summed E-state index contributed by atoms with van der Waals surface area (Å²) in [4.78, 5) is 7.78. The fourth-order valence-corrected chi connectivity index (χ4v) is 3.02. The van der Waals surface area contributed by atoms with Gasteiger partial charge in [0, 0.05) is 18.0 Å². The predicted molar refractivity (Wildman–Crippen MR) is 77.2 cm³/mol. The highest BCUT2D eigenvalue weighted by atomic mass is 15.2. The summed E-state index contributed by atoms with van der Waals surface area (Å²) < 4.78 is 0. The van der Waals surface area contributed by atoms with Crippen LogP contribution in [-0.4, -0.2) is 20.2 Å². The third kappa shape index (κ3) is 1.61. The standard InChI is InChI=1S/C16H16N4/c1-2-5-13(6-3-1)16(8-4-9-16)15-18-14(19-20-15)12-7-10-17-11-12/h1-3,5-7,10-11,17H,4,8-9H2,(H,18,19,20). The fraction of sp³-hybridized carbons (Fsp3) is 0.250. The van der Waals surface area contributed by atoms with Gasteiger partial charge in [-0.15, -0.1) is 0 Å². The summed E-state index contributed by atoms with van der Waals surface area (Å²) in [5, 5.41) is 7.54. The Bertz CT molecular complexity index is 693. The maximum atomic E-state index is 4.74.